The number of benzene rings is 1. The summed E-state index contributed by atoms with van der Waals surface area (Å²) in [5.74, 6) is 1.94. The lowest BCUT2D eigenvalue weighted by atomic mass is 10.0. The van der Waals surface area contributed by atoms with Crippen molar-refractivity contribution in [3.05, 3.63) is 65.6 Å². The van der Waals surface area contributed by atoms with Gasteiger partial charge < -0.3 is 19.5 Å². The molecule has 3 aromatic rings. The van der Waals surface area contributed by atoms with Crippen molar-refractivity contribution in [1.82, 2.24) is 25.3 Å². The van der Waals surface area contributed by atoms with Gasteiger partial charge in [-0.25, -0.2) is 0 Å². The van der Waals surface area contributed by atoms with Crippen LogP contribution in [0.3, 0.4) is 0 Å². The standard InChI is InChI=1S/C23H28N6O2/c1-3-24-23(29-14-15-30-20(16-29)18-9-5-4-8-17(18)2)26-13-11-21-27-22(31-28-21)19-10-6-7-12-25-19/h4-10,12,20H,3,11,13-16H2,1-2H3,(H,24,26). The van der Waals surface area contributed by atoms with Crippen molar-refractivity contribution in [2.24, 2.45) is 4.99 Å². The minimum atomic E-state index is 0.0388. The number of aromatic nitrogens is 3. The van der Waals surface area contributed by atoms with Crippen LogP contribution in [0.2, 0.25) is 0 Å². The molecule has 162 valence electrons. The van der Waals surface area contributed by atoms with Gasteiger partial charge in [-0.05, 0) is 37.1 Å². The number of hydrogen-bond donors (Lipinski definition) is 1. The van der Waals surface area contributed by atoms with E-state index in [2.05, 4.69) is 63.5 Å². The van der Waals surface area contributed by atoms with Gasteiger partial charge in [-0.15, -0.1) is 0 Å². The van der Waals surface area contributed by atoms with E-state index in [1.54, 1.807) is 6.20 Å². The summed E-state index contributed by atoms with van der Waals surface area (Å²) in [6.07, 6.45) is 2.34. The maximum atomic E-state index is 6.06. The lowest BCUT2D eigenvalue weighted by Crippen LogP contribution is -2.48. The molecule has 31 heavy (non-hydrogen) atoms. The largest absolute Gasteiger partial charge is 0.370 e. The number of guanidine groups is 1. The predicted molar refractivity (Wildman–Crippen MR) is 119 cm³/mol. The molecule has 1 aliphatic rings. The molecule has 0 amide bonds. The van der Waals surface area contributed by atoms with Gasteiger partial charge in [0.15, 0.2) is 11.8 Å². The number of rotatable bonds is 6. The smallest absolute Gasteiger partial charge is 0.276 e. The zero-order chi connectivity index (χ0) is 21.5. The highest BCUT2D eigenvalue weighted by atomic mass is 16.5. The van der Waals surface area contributed by atoms with Crippen LogP contribution in [-0.2, 0) is 11.2 Å². The van der Waals surface area contributed by atoms with E-state index in [9.17, 15) is 0 Å². The quantitative estimate of drug-likeness (QED) is 0.484. The average molecular weight is 421 g/mol. The van der Waals surface area contributed by atoms with Crippen molar-refractivity contribution in [2.45, 2.75) is 26.4 Å². The Labute approximate surface area is 182 Å². The molecule has 0 aliphatic carbocycles. The van der Waals surface area contributed by atoms with E-state index in [0.717, 1.165) is 25.6 Å². The molecule has 0 radical (unpaired) electrons. The molecular weight excluding hydrogens is 392 g/mol. The third kappa shape index (κ3) is 5.27. The number of aliphatic imine (C=N–C) groups is 1. The SMILES string of the molecule is CCNC(=NCCc1noc(-c2ccccn2)n1)N1CCOC(c2ccccc2C)C1. The molecule has 0 spiro atoms. The summed E-state index contributed by atoms with van der Waals surface area (Å²) in [5.41, 5.74) is 3.16. The van der Waals surface area contributed by atoms with Crippen LogP contribution >= 0.6 is 0 Å². The molecule has 8 heteroatoms. The zero-order valence-electron chi connectivity index (χ0n) is 18.0. The summed E-state index contributed by atoms with van der Waals surface area (Å²) in [6.45, 7) is 7.81. The summed E-state index contributed by atoms with van der Waals surface area (Å²) in [7, 11) is 0. The second kappa shape index (κ2) is 10.2. The molecule has 1 atom stereocenters. The van der Waals surface area contributed by atoms with E-state index in [4.69, 9.17) is 14.3 Å². The van der Waals surface area contributed by atoms with Crippen molar-refractivity contribution in [2.75, 3.05) is 32.8 Å². The van der Waals surface area contributed by atoms with Crippen LogP contribution in [-0.4, -0.2) is 58.8 Å². The molecule has 1 N–H and O–H groups in total. The maximum absolute atomic E-state index is 6.06. The van der Waals surface area contributed by atoms with Crippen LogP contribution in [0.15, 0.2) is 58.2 Å². The van der Waals surface area contributed by atoms with E-state index >= 15 is 0 Å². The lowest BCUT2D eigenvalue weighted by molar-refractivity contribution is -0.00832. The highest BCUT2D eigenvalue weighted by Crippen LogP contribution is 2.25. The maximum Gasteiger partial charge on any atom is 0.276 e. The van der Waals surface area contributed by atoms with Crippen molar-refractivity contribution < 1.29 is 9.26 Å². The molecule has 1 unspecified atom stereocenters. The van der Waals surface area contributed by atoms with Gasteiger partial charge in [-0.1, -0.05) is 35.5 Å². The number of aryl methyl sites for hydroxylation is 1. The Kier molecular flexibility index (Phi) is 6.89. The van der Waals surface area contributed by atoms with Gasteiger partial charge in [-0.3, -0.25) is 9.98 Å². The molecule has 1 saturated heterocycles. The van der Waals surface area contributed by atoms with Crippen molar-refractivity contribution >= 4 is 5.96 Å². The minimum Gasteiger partial charge on any atom is -0.370 e. The van der Waals surface area contributed by atoms with Gasteiger partial charge in [0, 0.05) is 32.3 Å². The Morgan fingerprint density at radius 2 is 2.10 bits per heavy atom. The molecule has 0 saturated carbocycles. The summed E-state index contributed by atoms with van der Waals surface area (Å²) in [6, 6.07) is 14.0. The zero-order valence-corrected chi connectivity index (χ0v) is 18.0. The van der Waals surface area contributed by atoms with Gasteiger partial charge in [0.2, 0.25) is 0 Å². The average Bonchev–Trinajstić information content (AvgIpc) is 3.28. The summed E-state index contributed by atoms with van der Waals surface area (Å²) < 4.78 is 11.4. The van der Waals surface area contributed by atoms with Gasteiger partial charge in [0.25, 0.3) is 5.89 Å². The first-order valence-electron chi connectivity index (χ1n) is 10.7. The van der Waals surface area contributed by atoms with Crippen LogP contribution < -0.4 is 5.32 Å². The van der Waals surface area contributed by atoms with Crippen LogP contribution in [0, 0.1) is 6.92 Å². The molecule has 1 aromatic carbocycles. The minimum absolute atomic E-state index is 0.0388. The number of pyridine rings is 1. The second-order valence-corrected chi connectivity index (χ2v) is 7.38. The molecule has 3 heterocycles. The van der Waals surface area contributed by atoms with E-state index in [0.29, 0.717) is 37.0 Å². The van der Waals surface area contributed by atoms with Crippen molar-refractivity contribution in [3.63, 3.8) is 0 Å². The molecule has 1 fully saturated rings. The first kappa shape index (κ1) is 21.0. The summed E-state index contributed by atoms with van der Waals surface area (Å²) >= 11 is 0. The molecular formula is C23H28N6O2. The molecule has 2 aromatic heterocycles. The Morgan fingerprint density at radius 3 is 2.90 bits per heavy atom. The monoisotopic (exact) mass is 420 g/mol. The van der Waals surface area contributed by atoms with Gasteiger partial charge in [0.05, 0.1) is 13.2 Å². The Morgan fingerprint density at radius 1 is 1.23 bits per heavy atom. The first-order chi connectivity index (χ1) is 15.2. The summed E-state index contributed by atoms with van der Waals surface area (Å²) in [5, 5.41) is 7.46. The van der Waals surface area contributed by atoms with E-state index < -0.39 is 0 Å². The highest BCUT2D eigenvalue weighted by Gasteiger charge is 2.25. The van der Waals surface area contributed by atoms with Crippen LogP contribution in [0.25, 0.3) is 11.6 Å². The number of hydrogen-bond acceptors (Lipinski definition) is 6. The Hall–Kier alpha value is -3.26. The molecule has 8 nitrogen and oxygen atoms in total. The van der Waals surface area contributed by atoms with E-state index in [1.807, 2.05) is 18.2 Å². The third-order valence-electron chi connectivity index (χ3n) is 5.19. The van der Waals surface area contributed by atoms with Crippen LogP contribution in [0.4, 0.5) is 0 Å². The molecule has 0 bridgehead atoms. The second-order valence-electron chi connectivity index (χ2n) is 7.38. The molecule has 4 rings (SSSR count). The van der Waals surface area contributed by atoms with Crippen LogP contribution in [0.1, 0.15) is 30.0 Å². The van der Waals surface area contributed by atoms with Gasteiger partial charge in [-0.2, -0.15) is 4.98 Å². The van der Waals surface area contributed by atoms with Crippen LogP contribution in [0.5, 0.6) is 0 Å². The number of nitrogens with zero attached hydrogens (tertiary/aromatic N) is 5. The first-order valence-corrected chi connectivity index (χ1v) is 10.7. The number of nitrogens with one attached hydrogen (secondary N) is 1. The van der Waals surface area contributed by atoms with Gasteiger partial charge >= 0.3 is 0 Å². The predicted octanol–water partition coefficient (Wildman–Crippen LogP) is 3.02. The topological polar surface area (TPSA) is 88.7 Å². The number of ether oxygens (including phenoxy) is 1. The fourth-order valence-electron chi connectivity index (χ4n) is 3.61. The van der Waals surface area contributed by atoms with E-state index in [-0.39, 0.29) is 6.10 Å². The number of morpholine rings is 1. The Balaban J connectivity index is 1.40. The fraction of sp³-hybridized carbons (Fsp3) is 0.391. The highest BCUT2D eigenvalue weighted by molar-refractivity contribution is 5.80. The summed E-state index contributed by atoms with van der Waals surface area (Å²) in [4.78, 5) is 15.7. The van der Waals surface area contributed by atoms with E-state index in [1.165, 1.54) is 11.1 Å². The van der Waals surface area contributed by atoms with Crippen molar-refractivity contribution in [3.8, 4) is 11.6 Å². The Bertz CT molecular complexity index is 1000. The third-order valence-corrected chi connectivity index (χ3v) is 5.19. The normalized spacial score (nSPS) is 17.0. The van der Waals surface area contributed by atoms with Gasteiger partial charge in [0.1, 0.15) is 11.8 Å². The molecule has 1 aliphatic heterocycles. The van der Waals surface area contributed by atoms with Crippen molar-refractivity contribution in [1.29, 1.82) is 0 Å². The lowest BCUT2D eigenvalue weighted by Gasteiger charge is -2.35. The fourth-order valence-corrected chi connectivity index (χ4v) is 3.61.